The first-order valence-corrected chi connectivity index (χ1v) is 6.91. The number of rotatable bonds is 5. The number of benzene rings is 2. The van der Waals surface area contributed by atoms with Gasteiger partial charge in [-0.2, -0.15) is 0 Å². The Hall–Kier alpha value is -1.56. The van der Waals surface area contributed by atoms with E-state index in [9.17, 15) is 0 Å². The van der Waals surface area contributed by atoms with Crippen LogP contribution in [0, 0.1) is 0 Å². The third-order valence-corrected chi connectivity index (χ3v) is 3.55. The third kappa shape index (κ3) is 3.30. The van der Waals surface area contributed by atoms with E-state index in [0.29, 0.717) is 0 Å². The highest BCUT2D eigenvalue weighted by atomic mass is 79.9. The van der Waals surface area contributed by atoms with Gasteiger partial charge in [-0.15, -0.1) is 0 Å². The van der Waals surface area contributed by atoms with Crippen molar-refractivity contribution in [2.75, 3.05) is 14.2 Å². The molecule has 0 spiro atoms. The maximum absolute atomic E-state index is 5.72. The van der Waals surface area contributed by atoms with Crippen molar-refractivity contribution in [3.8, 4) is 11.5 Å². The van der Waals surface area contributed by atoms with Crippen LogP contribution in [-0.2, 0) is 0 Å². The number of halogens is 1. The van der Waals surface area contributed by atoms with Gasteiger partial charge in [0.25, 0.3) is 0 Å². The number of ether oxygens (including phenoxy) is 2. The molecule has 0 radical (unpaired) electrons. The standard InChI is InChI=1S/C15H17BrN2O2/c1-19-13-7-11(8-14(9-13)20-2)15(18-17)10-4-3-5-12(16)6-10/h3-9,15,18H,17H2,1-2H3. The molecule has 0 bridgehead atoms. The molecular formula is C15H17BrN2O2. The largest absolute Gasteiger partial charge is 0.497 e. The molecule has 2 aromatic carbocycles. The molecule has 0 saturated carbocycles. The van der Waals surface area contributed by atoms with Crippen molar-refractivity contribution in [3.05, 3.63) is 58.1 Å². The summed E-state index contributed by atoms with van der Waals surface area (Å²) in [5.41, 5.74) is 4.86. The Morgan fingerprint density at radius 1 is 1.00 bits per heavy atom. The lowest BCUT2D eigenvalue weighted by Crippen LogP contribution is -2.28. The number of hydrazine groups is 1. The Kier molecular flexibility index (Phi) is 5.00. The molecule has 1 atom stereocenters. The van der Waals surface area contributed by atoms with Crippen LogP contribution in [0.4, 0.5) is 0 Å². The molecule has 2 rings (SSSR count). The molecule has 2 aromatic rings. The second kappa shape index (κ2) is 6.74. The van der Waals surface area contributed by atoms with E-state index in [2.05, 4.69) is 21.4 Å². The fraction of sp³-hybridized carbons (Fsp3) is 0.200. The van der Waals surface area contributed by atoms with E-state index in [0.717, 1.165) is 27.1 Å². The molecule has 0 aliphatic carbocycles. The number of nitrogens with one attached hydrogen (secondary N) is 1. The molecule has 0 aliphatic rings. The Morgan fingerprint density at radius 2 is 1.65 bits per heavy atom. The summed E-state index contributed by atoms with van der Waals surface area (Å²) in [6.07, 6.45) is 0. The van der Waals surface area contributed by atoms with Crippen molar-refractivity contribution in [2.24, 2.45) is 5.84 Å². The van der Waals surface area contributed by atoms with Crippen LogP contribution in [0.5, 0.6) is 11.5 Å². The fourth-order valence-corrected chi connectivity index (χ4v) is 2.48. The van der Waals surface area contributed by atoms with Crippen LogP contribution < -0.4 is 20.7 Å². The Balaban J connectivity index is 2.45. The number of methoxy groups -OCH3 is 2. The lowest BCUT2D eigenvalue weighted by atomic mass is 9.99. The van der Waals surface area contributed by atoms with Gasteiger partial charge in [0.1, 0.15) is 11.5 Å². The summed E-state index contributed by atoms with van der Waals surface area (Å²) in [6, 6.07) is 13.6. The topological polar surface area (TPSA) is 56.5 Å². The zero-order valence-electron chi connectivity index (χ0n) is 11.4. The molecule has 0 amide bonds. The van der Waals surface area contributed by atoms with Gasteiger partial charge in [0.05, 0.1) is 20.3 Å². The van der Waals surface area contributed by atoms with E-state index < -0.39 is 0 Å². The van der Waals surface area contributed by atoms with Gasteiger partial charge in [0.2, 0.25) is 0 Å². The molecule has 3 N–H and O–H groups in total. The van der Waals surface area contributed by atoms with Crippen molar-refractivity contribution >= 4 is 15.9 Å². The molecule has 20 heavy (non-hydrogen) atoms. The van der Waals surface area contributed by atoms with Crippen molar-refractivity contribution in [1.82, 2.24) is 5.43 Å². The second-order valence-electron chi connectivity index (χ2n) is 4.30. The van der Waals surface area contributed by atoms with Gasteiger partial charge in [-0.25, -0.2) is 5.43 Å². The van der Waals surface area contributed by atoms with Crippen LogP contribution in [0.1, 0.15) is 17.2 Å². The van der Waals surface area contributed by atoms with E-state index >= 15 is 0 Å². The van der Waals surface area contributed by atoms with Crippen molar-refractivity contribution < 1.29 is 9.47 Å². The molecule has 0 fully saturated rings. The lowest BCUT2D eigenvalue weighted by molar-refractivity contribution is 0.392. The average molecular weight is 337 g/mol. The summed E-state index contributed by atoms with van der Waals surface area (Å²) in [4.78, 5) is 0. The first-order chi connectivity index (χ1) is 9.67. The summed E-state index contributed by atoms with van der Waals surface area (Å²) in [5.74, 6) is 7.19. The zero-order valence-corrected chi connectivity index (χ0v) is 13.0. The zero-order chi connectivity index (χ0) is 14.5. The molecule has 0 aliphatic heterocycles. The summed E-state index contributed by atoms with van der Waals surface area (Å²) in [7, 11) is 3.26. The van der Waals surface area contributed by atoms with Crippen molar-refractivity contribution in [2.45, 2.75) is 6.04 Å². The van der Waals surface area contributed by atoms with Crippen molar-refractivity contribution in [3.63, 3.8) is 0 Å². The predicted molar refractivity (Wildman–Crippen MR) is 82.9 cm³/mol. The predicted octanol–water partition coefficient (Wildman–Crippen LogP) is 3.02. The molecule has 106 valence electrons. The molecule has 0 aromatic heterocycles. The van der Waals surface area contributed by atoms with E-state index in [4.69, 9.17) is 15.3 Å². The smallest absolute Gasteiger partial charge is 0.122 e. The lowest BCUT2D eigenvalue weighted by Gasteiger charge is -2.19. The van der Waals surface area contributed by atoms with Gasteiger partial charge in [-0.3, -0.25) is 5.84 Å². The minimum absolute atomic E-state index is 0.142. The molecule has 4 nitrogen and oxygen atoms in total. The van der Waals surface area contributed by atoms with Crippen LogP contribution in [0.15, 0.2) is 46.9 Å². The van der Waals surface area contributed by atoms with Crippen molar-refractivity contribution in [1.29, 1.82) is 0 Å². The molecule has 0 saturated heterocycles. The molecule has 5 heteroatoms. The summed E-state index contributed by atoms with van der Waals surface area (Å²) >= 11 is 3.47. The summed E-state index contributed by atoms with van der Waals surface area (Å²) in [5, 5.41) is 0. The highest BCUT2D eigenvalue weighted by Crippen LogP contribution is 2.30. The van der Waals surface area contributed by atoms with Crippen LogP contribution in [0.25, 0.3) is 0 Å². The molecular weight excluding hydrogens is 320 g/mol. The van der Waals surface area contributed by atoms with Gasteiger partial charge >= 0.3 is 0 Å². The minimum atomic E-state index is -0.142. The monoisotopic (exact) mass is 336 g/mol. The van der Waals surface area contributed by atoms with E-state index in [1.165, 1.54) is 0 Å². The van der Waals surface area contributed by atoms with E-state index in [-0.39, 0.29) is 6.04 Å². The SMILES string of the molecule is COc1cc(OC)cc(C(NN)c2cccc(Br)c2)c1. The summed E-state index contributed by atoms with van der Waals surface area (Å²) < 4.78 is 11.6. The van der Waals surface area contributed by atoms with Gasteiger partial charge in [0.15, 0.2) is 0 Å². The fourth-order valence-electron chi connectivity index (χ4n) is 2.07. The number of hydrogen-bond acceptors (Lipinski definition) is 4. The highest BCUT2D eigenvalue weighted by Gasteiger charge is 2.15. The number of hydrogen-bond donors (Lipinski definition) is 2. The van der Waals surface area contributed by atoms with Gasteiger partial charge in [-0.05, 0) is 35.4 Å². The van der Waals surface area contributed by atoms with Crippen LogP contribution >= 0.6 is 15.9 Å². The Morgan fingerprint density at radius 3 is 2.15 bits per heavy atom. The van der Waals surface area contributed by atoms with E-state index in [1.807, 2.05) is 42.5 Å². The second-order valence-corrected chi connectivity index (χ2v) is 5.22. The first kappa shape index (κ1) is 14.8. The Labute approximate surface area is 127 Å². The minimum Gasteiger partial charge on any atom is -0.497 e. The maximum atomic E-state index is 5.72. The third-order valence-electron chi connectivity index (χ3n) is 3.06. The van der Waals surface area contributed by atoms with E-state index in [1.54, 1.807) is 14.2 Å². The molecule has 1 unspecified atom stereocenters. The van der Waals surface area contributed by atoms with Crippen LogP contribution in [-0.4, -0.2) is 14.2 Å². The normalized spacial score (nSPS) is 12.0. The quantitative estimate of drug-likeness (QED) is 0.651. The average Bonchev–Trinajstić information content (AvgIpc) is 2.47. The van der Waals surface area contributed by atoms with Crippen LogP contribution in [0.2, 0.25) is 0 Å². The van der Waals surface area contributed by atoms with Gasteiger partial charge in [0, 0.05) is 10.5 Å². The highest BCUT2D eigenvalue weighted by molar-refractivity contribution is 9.10. The summed E-state index contributed by atoms with van der Waals surface area (Å²) in [6.45, 7) is 0. The molecule has 0 heterocycles. The Bertz CT molecular complexity index is 568. The van der Waals surface area contributed by atoms with Gasteiger partial charge < -0.3 is 9.47 Å². The maximum Gasteiger partial charge on any atom is 0.122 e. The number of nitrogens with two attached hydrogens (primary N) is 1. The first-order valence-electron chi connectivity index (χ1n) is 6.12. The van der Waals surface area contributed by atoms with Crippen LogP contribution in [0.3, 0.4) is 0 Å². The van der Waals surface area contributed by atoms with Gasteiger partial charge in [-0.1, -0.05) is 28.1 Å².